The number of ketones is 2. The first-order valence-corrected chi connectivity index (χ1v) is 9.83. The molecule has 7 atom stereocenters. The summed E-state index contributed by atoms with van der Waals surface area (Å²) < 4.78 is 16.8. The van der Waals surface area contributed by atoms with Crippen molar-refractivity contribution in [3.63, 3.8) is 0 Å². The standard InChI is InChI=1S/C22H25FO6/c1-11-8-15-14-5-4-12-9-13(24)6-7-19(12,2)21(14,23)16(25)10-20(15,3)22(11,29)17(26)18(27)28/h6-7,9,14-16,25,29H,1,4-5,8,10H2,2-3H3,(H,27,28)/t14-,15-,16?,19-,20-,21-,22-/m0/s1. The molecule has 7 heteroatoms. The van der Waals surface area contributed by atoms with Crippen LogP contribution in [-0.4, -0.2) is 50.2 Å². The number of carbonyl (C=O) groups excluding carboxylic acids is 2. The summed E-state index contributed by atoms with van der Waals surface area (Å²) in [6.45, 7) is 6.98. The van der Waals surface area contributed by atoms with Gasteiger partial charge in [0.2, 0.25) is 0 Å². The summed E-state index contributed by atoms with van der Waals surface area (Å²) in [5, 5.41) is 31.6. The van der Waals surface area contributed by atoms with Crippen LogP contribution in [0.4, 0.5) is 4.39 Å². The van der Waals surface area contributed by atoms with Crippen molar-refractivity contribution < 1.29 is 34.1 Å². The number of hydrogen-bond donors (Lipinski definition) is 3. The Morgan fingerprint density at radius 1 is 1.28 bits per heavy atom. The van der Waals surface area contributed by atoms with Crippen molar-refractivity contribution in [2.75, 3.05) is 0 Å². The van der Waals surface area contributed by atoms with Crippen LogP contribution in [0.5, 0.6) is 0 Å². The van der Waals surface area contributed by atoms with Gasteiger partial charge in [-0.1, -0.05) is 25.2 Å². The predicted molar refractivity (Wildman–Crippen MR) is 100 cm³/mol. The number of carboxylic acid groups (broad SMARTS) is 1. The zero-order valence-electron chi connectivity index (χ0n) is 16.4. The summed E-state index contributed by atoms with van der Waals surface area (Å²) >= 11 is 0. The van der Waals surface area contributed by atoms with Gasteiger partial charge in [-0.25, -0.2) is 9.18 Å². The summed E-state index contributed by atoms with van der Waals surface area (Å²) in [6, 6.07) is 0. The van der Waals surface area contributed by atoms with Crippen LogP contribution in [0.2, 0.25) is 0 Å². The molecule has 0 saturated heterocycles. The van der Waals surface area contributed by atoms with Gasteiger partial charge < -0.3 is 15.3 Å². The molecular weight excluding hydrogens is 379 g/mol. The van der Waals surface area contributed by atoms with Crippen molar-refractivity contribution in [2.24, 2.45) is 22.7 Å². The van der Waals surface area contributed by atoms with Crippen LogP contribution in [0.1, 0.15) is 39.5 Å². The van der Waals surface area contributed by atoms with E-state index in [1.165, 1.54) is 18.2 Å². The molecule has 3 N–H and O–H groups in total. The molecule has 3 saturated carbocycles. The van der Waals surface area contributed by atoms with Crippen LogP contribution in [0.3, 0.4) is 0 Å². The third kappa shape index (κ3) is 2.10. The van der Waals surface area contributed by atoms with Crippen LogP contribution in [0, 0.1) is 22.7 Å². The second kappa shape index (κ2) is 5.73. The van der Waals surface area contributed by atoms with Crippen molar-refractivity contribution in [1.82, 2.24) is 0 Å². The fourth-order valence-corrected chi connectivity index (χ4v) is 6.75. The maximum absolute atomic E-state index is 16.8. The lowest BCUT2D eigenvalue weighted by molar-refractivity contribution is -0.215. The summed E-state index contributed by atoms with van der Waals surface area (Å²) in [4.78, 5) is 35.7. The lowest BCUT2D eigenvalue weighted by Crippen LogP contribution is -2.69. The molecule has 0 amide bonds. The van der Waals surface area contributed by atoms with Gasteiger partial charge in [0.15, 0.2) is 17.1 Å². The zero-order chi connectivity index (χ0) is 21.6. The summed E-state index contributed by atoms with van der Waals surface area (Å²) in [5.41, 5.74) is -6.35. The van der Waals surface area contributed by atoms with Crippen LogP contribution >= 0.6 is 0 Å². The lowest BCUT2D eigenvalue weighted by atomic mass is 9.44. The SMILES string of the molecule is C=C1C[C@H]2[C@@H]3CCC4=CC(=O)C=C[C@]4(C)[C@@]3(F)C(O)C[C@]2(C)[C@@]1(O)C(=O)C(=O)O. The third-order valence-electron chi connectivity index (χ3n) is 8.36. The van der Waals surface area contributed by atoms with E-state index in [0.717, 1.165) is 0 Å². The van der Waals surface area contributed by atoms with Gasteiger partial charge >= 0.3 is 5.97 Å². The maximum Gasteiger partial charge on any atom is 0.375 e. The molecule has 0 bridgehead atoms. The van der Waals surface area contributed by atoms with Gasteiger partial charge in [-0.2, -0.15) is 0 Å². The summed E-state index contributed by atoms with van der Waals surface area (Å²) in [5.74, 6) is -4.69. The van der Waals surface area contributed by atoms with E-state index in [0.29, 0.717) is 18.4 Å². The molecule has 29 heavy (non-hydrogen) atoms. The molecule has 0 spiro atoms. The molecule has 4 aliphatic rings. The highest BCUT2D eigenvalue weighted by atomic mass is 19.1. The molecule has 4 aliphatic carbocycles. The first-order valence-electron chi connectivity index (χ1n) is 9.83. The first-order chi connectivity index (χ1) is 13.3. The maximum atomic E-state index is 16.8. The molecule has 0 aromatic carbocycles. The number of aliphatic carboxylic acids is 1. The van der Waals surface area contributed by atoms with E-state index in [-0.39, 0.29) is 24.2 Å². The Labute approximate surface area is 167 Å². The number of alkyl halides is 1. The number of carboxylic acids is 1. The van der Waals surface area contributed by atoms with Crippen molar-refractivity contribution in [1.29, 1.82) is 0 Å². The van der Waals surface area contributed by atoms with Crippen molar-refractivity contribution in [2.45, 2.75) is 56.9 Å². The predicted octanol–water partition coefficient (Wildman–Crippen LogP) is 1.91. The van der Waals surface area contributed by atoms with Gasteiger partial charge in [0, 0.05) is 16.7 Å². The van der Waals surface area contributed by atoms with Crippen molar-refractivity contribution in [3.8, 4) is 0 Å². The van der Waals surface area contributed by atoms with Gasteiger partial charge in [-0.05, 0) is 56.3 Å². The largest absolute Gasteiger partial charge is 0.475 e. The Morgan fingerprint density at radius 2 is 1.93 bits per heavy atom. The number of carbonyl (C=O) groups is 3. The molecule has 3 fully saturated rings. The fraction of sp³-hybridized carbons (Fsp3) is 0.591. The quantitative estimate of drug-likeness (QED) is 0.479. The van der Waals surface area contributed by atoms with E-state index in [4.69, 9.17) is 0 Å². The minimum Gasteiger partial charge on any atom is -0.475 e. The molecule has 0 radical (unpaired) electrons. The molecule has 4 rings (SSSR count). The molecule has 156 valence electrons. The molecule has 6 nitrogen and oxygen atoms in total. The molecule has 0 aromatic heterocycles. The highest BCUT2D eigenvalue weighted by molar-refractivity contribution is 6.37. The topological polar surface area (TPSA) is 112 Å². The summed E-state index contributed by atoms with van der Waals surface area (Å²) in [6.07, 6.45) is 3.28. The Balaban J connectivity index is 1.85. The normalized spacial score (nSPS) is 48.4. The average Bonchev–Trinajstić information content (AvgIpc) is 2.84. The van der Waals surface area contributed by atoms with E-state index in [9.17, 15) is 29.7 Å². The minimum absolute atomic E-state index is 0.0507. The van der Waals surface area contributed by atoms with Gasteiger partial charge in [-0.3, -0.25) is 9.59 Å². The second-order valence-corrected chi connectivity index (χ2v) is 9.42. The van der Waals surface area contributed by atoms with E-state index >= 15 is 4.39 Å². The van der Waals surface area contributed by atoms with Crippen molar-refractivity contribution >= 4 is 17.5 Å². The Bertz CT molecular complexity index is 920. The summed E-state index contributed by atoms with van der Waals surface area (Å²) in [7, 11) is 0. The Morgan fingerprint density at radius 3 is 2.55 bits per heavy atom. The number of fused-ring (bicyclic) bond motifs is 5. The van der Waals surface area contributed by atoms with Crippen LogP contribution < -0.4 is 0 Å². The van der Waals surface area contributed by atoms with E-state index < -0.39 is 51.8 Å². The number of aliphatic hydroxyl groups is 2. The average molecular weight is 404 g/mol. The first kappa shape index (κ1) is 20.2. The number of aliphatic hydroxyl groups excluding tert-OH is 1. The molecule has 0 heterocycles. The van der Waals surface area contributed by atoms with Crippen LogP contribution in [0.15, 0.2) is 36.0 Å². The van der Waals surface area contributed by atoms with Crippen molar-refractivity contribution in [3.05, 3.63) is 36.0 Å². The molecule has 1 unspecified atom stereocenters. The second-order valence-electron chi connectivity index (χ2n) is 9.42. The molecule has 0 aromatic rings. The molecular formula is C22H25FO6. The van der Waals surface area contributed by atoms with E-state index in [1.807, 2.05) is 0 Å². The van der Waals surface area contributed by atoms with Crippen LogP contribution in [0.25, 0.3) is 0 Å². The smallest absolute Gasteiger partial charge is 0.375 e. The van der Waals surface area contributed by atoms with E-state index in [1.54, 1.807) is 13.8 Å². The number of rotatable bonds is 2. The number of allylic oxidation sites excluding steroid dienone is 4. The van der Waals surface area contributed by atoms with Gasteiger partial charge in [0.05, 0.1) is 6.10 Å². The third-order valence-corrected chi connectivity index (χ3v) is 8.36. The lowest BCUT2D eigenvalue weighted by Gasteiger charge is -2.62. The van der Waals surface area contributed by atoms with E-state index in [2.05, 4.69) is 6.58 Å². The van der Waals surface area contributed by atoms with Gasteiger partial charge in [0.1, 0.15) is 0 Å². The number of halogens is 1. The highest BCUT2D eigenvalue weighted by Gasteiger charge is 2.75. The minimum atomic E-state index is -2.36. The Kier molecular flexibility index (Phi) is 3.98. The Hall–Kier alpha value is -2.12. The number of hydrogen-bond acceptors (Lipinski definition) is 5. The van der Waals surface area contributed by atoms with Gasteiger partial charge in [0.25, 0.3) is 5.78 Å². The monoisotopic (exact) mass is 404 g/mol. The molecule has 0 aliphatic heterocycles. The van der Waals surface area contributed by atoms with Crippen LogP contribution in [-0.2, 0) is 14.4 Å². The number of Topliss-reactive ketones (excluding diaryl/α,β-unsaturated/α-hetero) is 1. The fourth-order valence-electron chi connectivity index (χ4n) is 6.75. The zero-order valence-corrected chi connectivity index (χ0v) is 16.4. The highest BCUT2D eigenvalue weighted by Crippen LogP contribution is 2.70. The van der Waals surface area contributed by atoms with Gasteiger partial charge in [-0.15, -0.1) is 0 Å².